The Morgan fingerprint density at radius 2 is 1.00 bits per heavy atom. The molecule has 0 aliphatic heterocycles. The predicted molar refractivity (Wildman–Crippen MR) is 28.4 cm³/mol. The molecule has 0 saturated heterocycles. The van der Waals surface area contributed by atoms with E-state index in [-0.39, 0.29) is 96.7 Å². The van der Waals surface area contributed by atoms with E-state index >= 15 is 0 Å². The fourth-order valence-electron chi connectivity index (χ4n) is 0. The molecule has 0 aromatic heterocycles. The minimum atomic E-state index is 0. The topological polar surface area (TPSA) is 0 Å². The zero-order valence-corrected chi connectivity index (χ0v) is 3.62. The first-order valence-corrected chi connectivity index (χ1v) is 0. The van der Waals surface area contributed by atoms with Gasteiger partial charge < -0.3 is 0 Å². The molecule has 0 saturated carbocycles. The maximum absolute atomic E-state index is 0. The van der Waals surface area contributed by atoms with E-state index in [9.17, 15) is 0 Å². The molecule has 0 spiro atoms. The Morgan fingerprint density at radius 1 is 1.00 bits per heavy atom. The van der Waals surface area contributed by atoms with Crippen LogP contribution >= 0.6 is 0 Å². The van der Waals surface area contributed by atoms with Crippen LogP contribution in [-0.2, 0) is 38.8 Å². The molecule has 1 radical (unpaired) electrons. The monoisotopic (exact) mass is 189 g/mol. The van der Waals surface area contributed by atoms with E-state index in [0.29, 0.717) is 0 Å². The Bertz CT molecular complexity index is 11.6. The Labute approximate surface area is 95.0 Å². The fourth-order valence-corrected chi connectivity index (χ4v) is 0. The van der Waals surface area contributed by atoms with Crippen molar-refractivity contribution in [1.29, 1.82) is 0 Å². The van der Waals surface area contributed by atoms with E-state index in [1.54, 1.807) is 0 Å². The zero-order valence-electron chi connectivity index (χ0n) is 0.878. The molecule has 0 nitrogen and oxygen atoms in total. The van der Waals surface area contributed by atoms with Gasteiger partial charge >= 0.3 is 29.6 Å². The van der Waals surface area contributed by atoms with Crippen LogP contribution in [0.15, 0.2) is 0 Å². The van der Waals surface area contributed by atoms with E-state index in [1.807, 2.05) is 0 Å². The molecule has 0 rings (SSSR count). The molecule has 0 heterocycles. The second kappa shape index (κ2) is 28.1. The van der Waals surface area contributed by atoms with Gasteiger partial charge in [-0.2, -0.15) is 0 Å². The molecule has 0 fully saturated rings. The first kappa shape index (κ1) is 43.7. The van der Waals surface area contributed by atoms with Crippen molar-refractivity contribution >= 4 is 57.9 Å². The van der Waals surface area contributed by atoms with Gasteiger partial charge in [-0.3, -0.25) is 0 Å². The van der Waals surface area contributed by atoms with Crippen LogP contribution in [0.5, 0.6) is 0 Å². The van der Waals surface area contributed by atoms with Gasteiger partial charge in [0.2, 0.25) is 0 Å². The molecule has 5 heavy (non-hydrogen) atoms. The van der Waals surface area contributed by atoms with Gasteiger partial charge in [0, 0.05) is 38.8 Å². The van der Waals surface area contributed by atoms with Crippen molar-refractivity contribution in [2.45, 2.75) is 0 Å². The van der Waals surface area contributed by atoms with Crippen molar-refractivity contribution in [2.75, 3.05) is 0 Å². The Balaban J connectivity index is 0. The molecule has 0 atom stereocenters. The van der Waals surface area contributed by atoms with Crippen LogP contribution in [0, 0.1) is 0 Å². The molecule has 0 unspecified atom stereocenters. The van der Waals surface area contributed by atoms with Crippen LogP contribution in [0.3, 0.4) is 0 Å². The van der Waals surface area contributed by atoms with Crippen LogP contribution in [-0.4, -0.2) is 57.9 Å². The summed E-state index contributed by atoms with van der Waals surface area (Å²) in [4.78, 5) is 0. The van der Waals surface area contributed by atoms with E-state index in [2.05, 4.69) is 0 Å². The number of hydrogen-bond acceptors (Lipinski definition) is 0. The van der Waals surface area contributed by atoms with Crippen LogP contribution in [0.4, 0.5) is 0 Å². The fraction of sp³-hybridized carbons (Fsp3) is 0. The molecule has 0 aromatic carbocycles. The van der Waals surface area contributed by atoms with Gasteiger partial charge in [-0.1, -0.05) is 0 Å². The van der Waals surface area contributed by atoms with Gasteiger partial charge in [-0.05, 0) is 11.0 Å². The van der Waals surface area contributed by atoms with Gasteiger partial charge in [-0.25, -0.2) is 0 Å². The molecular formula is H8AlMnNaSiTi. The predicted octanol–water partition coefficient (Wildman–Crippen LogP) is -3.29. The van der Waals surface area contributed by atoms with E-state index in [4.69, 9.17) is 0 Å². The summed E-state index contributed by atoms with van der Waals surface area (Å²) >= 11 is 0. The first-order valence-electron chi connectivity index (χ1n) is 0. The largest absolute Gasteiger partial charge is 0.0149 e. The minimum Gasteiger partial charge on any atom is -0.0149 e. The van der Waals surface area contributed by atoms with Crippen LogP contribution in [0.2, 0.25) is 0 Å². The van der Waals surface area contributed by atoms with Crippen LogP contribution in [0.1, 0.15) is 0 Å². The SMILES string of the molecule is [AlH3].[Mn].[NaH].[SiH4].[Ti]. The summed E-state index contributed by atoms with van der Waals surface area (Å²) in [6.45, 7) is 0. The van der Waals surface area contributed by atoms with E-state index < -0.39 is 0 Å². The van der Waals surface area contributed by atoms with Crippen molar-refractivity contribution in [3.05, 3.63) is 0 Å². The summed E-state index contributed by atoms with van der Waals surface area (Å²) in [5.41, 5.74) is 0. The summed E-state index contributed by atoms with van der Waals surface area (Å²) in [6.07, 6.45) is 0. The average Bonchev–Trinajstić information content (AvgIpc) is 0. The van der Waals surface area contributed by atoms with E-state index in [0.717, 1.165) is 0 Å². The zero-order chi connectivity index (χ0) is 0. The van der Waals surface area contributed by atoms with Crippen molar-refractivity contribution in [1.82, 2.24) is 0 Å². The molecule has 0 bridgehead atoms. The Hall–Kier alpha value is 2.98. The normalized spacial score (nSPS) is 0. The maximum atomic E-state index is 0. The molecular weight excluding hydrogens is 181 g/mol. The number of rotatable bonds is 0. The second-order valence-corrected chi connectivity index (χ2v) is 0. The van der Waals surface area contributed by atoms with E-state index in [1.165, 1.54) is 0 Å². The quantitative estimate of drug-likeness (QED) is 0.350. The van der Waals surface area contributed by atoms with Crippen molar-refractivity contribution in [2.24, 2.45) is 0 Å². The Kier molecular flexibility index (Phi) is 246. The summed E-state index contributed by atoms with van der Waals surface area (Å²) in [5, 5.41) is 0. The summed E-state index contributed by atoms with van der Waals surface area (Å²) in [6, 6.07) is 0. The van der Waals surface area contributed by atoms with Crippen molar-refractivity contribution in [3.63, 3.8) is 0 Å². The third-order valence-electron chi connectivity index (χ3n) is 0. The van der Waals surface area contributed by atoms with Crippen LogP contribution < -0.4 is 0 Å². The summed E-state index contributed by atoms with van der Waals surface area (Å²) in [5.74, 6) is 0. The smallest absolute Gasteiger partial charge is 0 e. The first-order chi connectivity index (χ1) is 0. The van der Waals surface area contributed by atoms with Crippen LogP contribution in [0.25, 0.3) is 0 Å². The molecule has 5 heteroatoms. The second-order valence-electron chi connectivity index (χ2n) is 0. The van der Waals surface area contributed by atoms with Gasteiger partial charge in [0.25, 0.3) is 0 Å². The van der Waals surface area contributed by atoms with Gasteiger partial charge in [0.05, 0.1) is 0 Å². The Morgan fingerprint density at radius 3 is 1.00 bits per heavy atom. The third-order valence-corrected chi connectivity index (χ3v) is 0. The standard InChI is InChI=1S/Al.Mn.Na.H4Si.Ti.4H/h;;;1H4;;;;;. The van der Waals surface area contributed by atoms with Gasteiger partial charge in [0.1, 0.15) is 0 Å². The number of hydrogen-bond donors (Lipinski definition) is 0. The summed E-state index contributed by atoms with van der Waals surface area (Å²) < 4.78 is 0. The molecule has 0 aliphatic rings. The maximum Gasteiger partial charge on any atom is 0 e. The molecule has 0 aromatic rings. The molecule has 0 N–H and O–H groups in total. The summed E-state index contributed by atoms with van der Waals surface area (Å²) in [7, 11) is 0. The molecule has 0 amide bonds. The third kappa shape index (κ3) is 19.5. The minimum absolute atomic E-state index is 0. The molecule has 27 valence electrons. The average molecular weight is 189 g/mol. The van der Waals surface area contributed by atoms with Crippen molar-refractivity contribution < 1.29 is 38.8 Å². The van der Waals surface area contributed by atoms with Gasteiger partial charge in [-0.15, -0.1) is 0 Å². The molecule has 0 aliphatic carbocycles. The van der Waals surface area contributed by atoms with Crippen molar-refractivity contribution in [3.8, 4) is 0 Å². The van der Waals surface area contributed by atoms with Gasteiger partial charge in [0.15, 0.2) is 17.4 Å².